The van der Waals surface area contributed by atoms with Gasteiger partial charge in [0.1, 0.15) is 0 Å². The first kappa shape index (κ1) is 13.9. The van der Waals surface area contributed by atoms with Crippen molar-refractivity contribution in [1.82, 2.24) is 9.80 Å². The number of hydrogen-bond acceptors (Lipinski definition) is 3. The maximum atomic E-state index is 5.89. The zero-order valence-corrected chi connectivity index (χ0v) is 11.5. The van der Waals surface area contributed by atoms with E-state index in [-0.39, 0.29) is 5.41 Å². The quantitative estimate of drug-likeness (QED) is 0.770. The normalized spacial score (nSPS) is 27.0. The molecule has 16 heavy (non-hydrogen) atoms. The van der Waals surface area contributed by atoms with Crippen LogP contribution < -0.4 is 5.73 Å². The molecule has 1 aliphatic rings. The molecule has 2 unspecified atom stereocenters. The molecular weight excluding hydrogens is 198 g/mol. The molecule has 0 aromatic rings. The summed E-state index contributed by atoms with van der Waals surface area (Å²) in [5.41, 5.74) is 6.17. The third-order valence-corrected chi connectivity index (χ3v) is 4.20. The van der Waals surface area contributed by atoms with Gasteiger partial charge in [0.05, 0.1) is 0 Å². The third-order valence-electron chi connectivity index (χ3n) is 4.20. The Labute approximate surface area is 101 Å². The van der Waals surface area contributed by atoms with Crippen LogP contribution in [0.5, 0.6) is 0 Å². The van der Waals surface area contributed by atoms with Crippen molar-refractivity contribution in [1.29, 1.82) is 0 Å². The van der Waals surface area contributed by atoms with Crippen molar-refractivity contribution in [3.05, 3.63) is 0 Å². The minimum absolute atomic E-state index is 0.283. The molecule has 2 N–H and O–H groups in total. The van der Waals surface area contributed by atoms with Crippen LogP contribution in [0.25, 0.3) is 0 Å². The van der Waals surface area contributed by atoms with E-state index in [1.54, 1.807) is 0 Å². The summed E-state index contributed by atoms with van der Waals surface area (Å²) in [5, 5.41) is 0. The Morgan fingerprint density at radius 2 is 2.19 bits per heavy atom. The van der Waals surface area contributed by atoms with Crippen LogP contribution in [0.4, 0.5) is 0 Å². The predicted octanol–water partition coefficient (Wildman–Crippen LogP) is 1.39. The van der Waals surface area contributed by atoms with Gasteiger partial charge in [-0.25, -0.2) is 0 Å². The van der Waals surface area contributed by atoms with Gasteiger partial charge in [-0.1, -0.05) is 13.8 Å². The highest BCUT2D eigenvalue weighted by molar-refractivity contribution is 4.83. The lowest BCUT2D eigenvalue weighted by atomic mass is 9.86. The zero-order valence-electron chi connectivity index (χ0n) is 11.5. The molecule has 2 atom stereocenters. The molecule has 0 bridgehead atoms. The van der Waals surface area contributed by atoms with Gasteiger partial charge in [-0.2, -0.15) is 0 Å². The number of nitrogens with zero attached hydrogens (tertiary/aromatic N) is 2. The van der Waals surface area contributed by atoms with E-state index >= 15 is 0 Å². The molecular formula is C13H29N3. The number of likely N-dealkylation sites (N-methyl/N-ethyl adjacent to an activating group) is 2. The van der Waals surface area contributed by atoms with Gasteiger partial charge in [-0.05, 0) is 51.9 Å². The highest BCUT2D eigenvalue weighted by atomic mass is 15.2. The summed E-state index contributed by atoms with van der Waals surface area (Å²) in [6.07, 6.45) is 3.83. The minimum atomic E-state index is 0.283. The summed E-state index contributed by atoms with van der Waals surface area (Å²) < 4.78 is 0. The highest BCUT2D eigenvalue weighted by Gasteiger charge is 2.27. The Bertz CT molecular complexity index is 201. The van der Waals surface area contributed by atoms with E-state index in [4.69, 9.17) is 5.73 Å². The molecule has 3 nitrogen and oxygen atoms in total. The van der Waals surface area contributed by atoms with Crippen LogP contribution >= 0.6 is 0 Å². The molecule has 96 valence electrons. The van der Waals surface area contributed by atoms with Crippen molar-refractivity contribution in [2.45, 2.75) is 39.2 Å². The molecule has 0 aromatic carbocycles. The van der Waals surface area contributed by atoms with Gasteiger partial charge >= 0.3 is 0 Å². The Hall–Kier alpha value is -0.120. The number of likely N-dealkylation sites (tertiary alicyclic amines) is 1. The van der Waals surface area contributed by atoms with Gasteiger partial charge in [0, 0.05) is 19.1 Å². The molecule has 3 heteroatoms. The molecule has 0 aromatic heterocycles. The average molecular weight is 227 g/mol. The maximum absolute atomic E-state index is 5.89. The van der Waals surface area contributed by atoms with Crippen LogP contribution in [0.2, 0.25) is 0 Å². The molecule has 1 fully saturated rings. The van der Waals surface area contributed by atoms with E-state index in [2.05, 4.69) is 37.7 Å². The summed E-state index contributed by atoms with van der Waals surface area (Å²) in [6, 6.07) is 0.719. The summed E-state index contributed by atoms with van der Waals surface area (Å²) >= 11 is 0. The van der Waals surface area contributed by atoms with Gasteiger partial charge in [-0.3, -0.25) is 0 Å². The molecule has 0 aliphatic carbocycles. The van der Waals surface area contributed by atoms with Crippen molar-refractivity contribution in [3.63, 3.8) is 0 Å². The van der Waals surface area contributed by atoms with E-state index in [1.807, 2.05) is 0 Å². The van der Waals surface area contributed by atoms with Gasteiger partial charge in [0.15, 0.2) is 0 Å². The van der Waals surface area contributed by atoms with Crippen LogP contribution in [0.15, 0.2) is 0 Å². The highest BCUT2D eigenvalue weighted by Crippen LogP contribution is 2.23. The fourth-order valence-corrected chi connectivity index (χ4v) is 2.55. The van der Waals surface area contributed by atoms with E-state index in [1.165, 1.54) is 25.9 Å². The fourth-order valence-electron chi connectivity index (χ4n) is 2.55. The first-order chi connectivity index (χ1) is 7.50. The van der Waals surface area contributed by atoms with Crippen LogP contribution in [0, 0.1) is 5.41 Å². The topological polar surface area (TPSA) is 32.5 Å². The smallest absolute Gasteiger partial charge is 0.0220 e. The summed E-state index contributed by atoms with van der Waals surface area (Å²) in [5.74, 6) is 0. The van der Waals surface area contributed by atoms with E-state index < -0.39 is 0 Å². The Morgan fingerprint density at radius 1 is 1.50 bits per heavy atom. The van der Waals surface area contributed by atoms with Crippen molar-refractivity contribution in [2.24, 2.45) is 11.1 Å². The van der Waals surface area contributed by atoms with Crippen molar-refractivity contribution < 1.29 is 0 Å². The lowest BCUT2D eigenvalue weighted by Crippen LogP contribution is -2.49. The van der Waals surface area contributed by atoms with Gasteiger partial charge in [0.2, 0.25) is 0 Å². The Kier molecular flexibility index (Phi) is 5.22. The van der Waals surface area contributed by atoms with Gasteiger partial charge < -0.3 is 15.5 Å². The van der Waals surface area contributed by atoms with Crippen LogP contribution in [-0.2, 0) is 0 Å². The number of piperidine rings is 1. The molecule has 0 spiro atoms. The van der Waals surface area contributed by atoms with Crippen molar-refractivity contribution in [3.8, 4) is 0 Å². The van der Waals surface area contributed by atoms with E-state index in [0.717, 1.165) is 25.6 Å². The second-order valence-electron chi connectivity index (χ2n) is 5.84. The van der Waals surface area contributed by atoms with E-state index in [9.17, 15) is 0 Å². The molecule has 0 radical (unpaired) electrons. The van der Waals surface area contributed by atoms with Crippen molar-refractivity contribution >= 4 is 0 Å². The second kappa shape index (κ2) is 5.99. The summed E-state index contributed by atoms with van der Waals surface area (Å²) in [6.45, 7) is 8.92. The van der Waals surface area contributed by atoms with Crippen LogP contribution in [-0.4, -0.2) is 56.1 Å². The SMILES string of the molecule is CCC(C)(CN)CN(C)C1CCCN(C)C1. The van der Waals surface area contributed by atoms with E-state index in [0.29, 0.717) is 0 Å². The first-order valence-corrected chi connectivity index (χ1v) is 6.59. The minimum Gasteiger partial charge on any atom is -0.330 e. The van der Waals surface area contributed by atoms with Gasteiger partial charge in [0.25, 0.3) is 0 Å². The van der Waals surface area contributed by atoms with Crippen molar-refractivity contribution in [2.75, 3.05) is 40.3 Å². The fraction of sp³-hybridized carbons (Fsp3) is 1.00. The number of nitrogens with two attached hydrogens (primary N) is 1. The average Bonchev–Trinajstić information content (AvgIpc) is 2.29. The van der Waals surface area contributed by atoms with Gasteiger partial charge in [-0.15, -0.1) is 0 Å². The Morgan fingerprint density at radius 3 is 2.69 bits per heavy atom. The molecule has 1 rings (SSSR count). The zero-order chi connectivity index (χ0) is 12.2. The lowest BCUT2D eigenvalue weighted by Gasteiger charge is -2.40. The number of rotatable bonds is 5. The second-order valence-corrected chi connectivity index (χ2v) is 5.84. The summed E-state index contributed by atoms with van der Waals surface area (Å²) in [4.78, 5) is 4.96. The largest absolute Gasteiger partial charge is 0.330 e. The number of hydrogen-bond donors (Lipinski definition) is 1. The van der Waals surface area contributed by atoms with Crippen LogP contribution in [0.3, 0.4) is 0 Å². The monoisotopic (exact) mass is 227 g/mol. The molecule has 1 aliphatic heterocycles. The maximum Gasteiger partial charge on any atom is 0.0220 e. The first-order valence-electron chi connectivity index (χ1n) is 6.59. The molecule has 1 saturated heterocycles. The molecule has 0 saturated carbocycles. The molecule has 0 amide bonds. The standard InChI is InChI=1S/C13H29N3/c1-5-13(2,10-14)11-16(4)12-7-6-8-15(3)9-12/h12H,5-11,14H2,1-4H3. The van der Waals surface area contributed by atoms with Crippen LogP contribution in [0.1, 0.15) is 33.1 Å². The Balaban J connectivity index is 2.47. The summed E-state index contributed by atoms with van der Waals surface area (Å²) in [7, 11) is 4.48. The lowest BCUT2D eigenvalue weighted by molar-refractivity contribution is 0.0939. The third kappa shape index (κ3) is 3.72. The predicted molar refractivity (Wildman–Crippen MR) is 70.6 cm³/mol. The molecule has 1 heterocycles.